The average molecular weight is 341 g/mol. The van der Waals surface area contributed by atoms with Crippen molar-refractivity contribution >= 4 is 23.6 Å². The second kappa shape index (κ2) is 7.32. The summed E-state index contributed by atoms with van der Waals surface area (Å²) >= 11 is 5.99. The second-order valence-corrected chi connectivity index (χ2v) is 5.94. The summed E-state index contributed by atoms with van der Waals surface area (Å²) in [5.74, 6) is 0.621. The van der Waals surface area contributed by atoms with E-state index in [1.807, 2.05) is 43.3 Å². The highest BCUT2D eigenvalue weighted by molar-refractivity contribution is 6.30. The van der Waals surface area contributed by atoms with Crippen LogP contribution in [0.4, 0.5) is 0 Å². The summed E-state index contributed by atoms with van der Waals surface area (Å²) in [4.78, 5) is 16.3. The maximum absolute atomic E-state index is 12.1. The molecule has 0 saturated carbocycles. The van der Waals surface area contributed by atoms with E-state index in [1.165, 1.54) is 6.08 Å². The third kappa shape index (κ3) is 4.03. The van der Waals surface area contributed by atoms with Gasteiger partial charge in [0, 0.05) is 22.9 Å². The minimum atomic E-state index is -0.175. The van der Waals surface area contributed by atoms with Crippen molar-refractivity contribution in [2.24, 2.45) is 0 Å². The number of pyridine rings is 1. The minimum absolute atomic E-state index is 0.153. The topological polar surface area (TPSA) is 51.2 Å². The van der Waals surface area contributed by atoms with E-state index >= 15 is 0 Å². The highest BCUT2D eigenvalue weighted by atomic mass is 35.5. The second-order valence-electron chi connectivity index (χ2n) is 5.51. The summed E-state index contributed by atoms with van der Waals surface area (Å²) in [7, 11) is 0. The summed E-state index contributed by atoms with van der Waals surface area (Å²) in [5.41, 5.74) is 2.64. The van der Waals surface area contributed by atoms with Gasteiger partial charge in [-0.2, -0.15) is 0 Å². The molecule has 1 aliphatic rings. The Hall–Kier alpha value is -2.59. The highest BCUT2D eigenvalue weighted by Crippen LogP contribution is 2.29. The van der Waals surface area contributed by atoms with Crippen molar-refractivity contribution in [3.63, 3.8) is 0 Å². The molecule has 1 amide bonds. The lowest BCUT2D eigenvalue weighted by atomic mass is 10.1. The van der Waals surface area contributed by atoms with E-state index in [4.69, 9.17) is 16.3 Å². The molecule has 122 valence electrons. The predicted octanol–water partition coefficient (Wildman–Crippen LogP) is 3.94. The van der Waals surface area contributed by atoms with Gasteiger partial charge in [-0.3, -0.25) is 9.78 Å². The number of fused-ring (bicyclic) bond motifs is 1. The van der Waals surface area contributed by atoms with E-state index < -0.39 is 0 Å². The molecule has 1 atom stereocenters. The van der Waals surface area contributed by atoms with Crippen LogP contribution < -0.4 is 10.1 Å². The van der Waals surface area contributed by atoms with Gasteiger partial charge in [0.25, 0.3) is 0 Å². The number of aromatic nitrogens is 1. The first kappa shape index (κ1) is 16.3. The lowest BCUT2D eigenvalue weighted by Gasteiger charge is -2.16. The third-order valence-corrected chi connectivity index (χ3v) is 3.88. The van der Waals surface area contributed by atoms with Crippen LogP contribution in [0, 0.1) is 0 Å². The minimum Gasteiger partial charge on any atom is -0.488 e. The molecule has 3 rings (SSSR count). The summed E-state index contributed by atoms with van der Waals surface area (Å²) in [6, 6.07) is 10.9. The van der Waals surface area contributed by atoms with Crippen LogP contribution in [0.3, 0.4) is 0 Å². The fourth-order valence-electron chi connectivity index (χ4n) is 2.41. The number of halogens is 1. The molecule has 2 aromatic rings. The number of benzene rings is 1. The van der Waals surface area contributed by atoms with Crippen LogP contribution >= 0.6 is 11.6 Å². The maximum atomic E-state index is 12.1. The van der Waals surface area contributed by atoms with Crippen LogP contribution in [0.5, 0.6) is 5.75 Å². The Kier molecular flexibility index (Phi) is 4.96. The zero-order valence-electron chi connectivity index (χ0n) is 13.2. The molecule has 5 heteroatoms. The summed E-state index contributed by atoms with van der Waals surface area (Å²) in [6.45, 7) is 2.32. The number of hydrogen-bond donors (Lipinski definition) is 1. The maximum Gasteiger partial charge on any atom is 0.244 e. The van der Waals surface area contributed by atoms with Crippen molar-refractivity contribution in [2.45, 2.75) is 13.0 Å². The molecule has 4 nitrogen and oxygen atoms in total. The van der Waals surface area contributed by atoms with Gasteiger partial charge in [-0.15, -0.1) is 0 Å². The highest BCUT2D eigenvalue weighted by Gasteiger charge is 2.11. The molecule has 1 unspecified atom stereocenters. The van der Waals surface area contributed by atoms with Crippen molar-refractivity contribution in [1.29, 1.82) is 0 Å². The van der Waals surface area contributed by atoms with E-state index in [-0.39, 0.29) is 11.9 Å². The number of nitrogens with zero attached hydrogens (tertiary/aromatic N) is 1. The Morgan fingerprint density at radius 2 is 2.25 bits per heavy atom. The van der Waals surface area contributed by atoms with Gasteiger partial charge in [0.2, 0.25) is 5.91 Å². The number of nitrogens with one attached hydrogen (secondary N) is 1. The molecule has 1 aliphatic heterocycles. The first-order chi connectivity index (χ1) is 11.6. The first-order valence-electron chi connectivity index (χ1n) is 7.64. The smallest absolute Gasteiger partial charge is 0.244 e. The zero-order chi connectivity index (χ0) is 16.9. The van der Waals surface area contributed by atoms with Gasteiger partial charge in [-0.05, 0) is 48.9 Å². The number of ether oxygens (including phenoxy) is 1. The standard InChI is InChI=1S/C19H17ClN2O2/c1-13(17-4-2-3-9-21-17)22-19(23)8-5-14-10-15-11-16(20)6-7-18(15)24-12-14/h2-11,13H,12H2,1H3,(H,22,23). The van der Waals surface area contributed by atoms with Crippen LogP contribution in [-0.4, -0.2) is 17.5 Å². The van der Waals surface area contributed by atoms with Crippen molar-refractivity contribution in [2.75, 3.05) is 6.61 Å². The SMILES string of the molecule is CC(NC(=O)C=CC1=Cc2cc(Cl)ccc2OC1)c1ccccn1. The Balaban J connectivity index is 1.64. The summed E-state index contributed by atoms with van der Waals surface area (Å²) < 4.78 is 5.65. The van der Waals surface area contributed by atoms with Crippen molar-refractivity contribution in [1.82, 2.24) is 10.3 Å². The predicted molar refractivity (Wildman–Crippen MR) is 94.9 cm³/mol. The monoisotopic (exact) mass is 340 g/mol. The molecular weight excluding hydrogens is 324 g/mol. The zero-order valence-corrected chi connectivity index (χ0v) is 14.0. The Bertz CT molecular complexity index is 800. The third-order valence-electron chi connectivity index (χ3n) is 3.65. The number of hydrogen-bond acceptors (Lipinski definition) is 3. The van der Waals surface area contributed by atoms with E-state index in [9.17, 15) is 4.79 Å². The quantitative estimate of drug-likeness (QED) is 0.857. The summed E-state index contributed by atoms with van der Waals surface area (Å²) in [6.07, 6.45) is 6.94. The van der Waals surface area contributed by atoms with Crippen LogP contribution in [0.1, 0.15) is 24.2 Å². The van der Waals surface area contributed by atoms with Crippen LogP contribution in [0.15, 0.2) is 60.3 Å². The fraction of sp³-hybridized carbons (Fsp3) is 0.158. The lowest BCUT2D eigenvalue weighted by molar-refractivity contribution is -0.117. The molecule has 1 aromatic carbocycles. The van der Waals surface area contributed by atoms with Crippen LogP contribution in [0.2, 0.25) is 5.02 Å². The number of carbonyl (C=O) groups excluding carboxylic acids is 1. The van der Waals surface area contributed by atoms with Gasteiger partial charge in [0.15, 0.2) is 0 Å². The average Bonchev–Trinajstić information content (AvgIpc) is 2.60. The largest absolute Gasteiger partial charge is 0.488 e. The molecule has 1 aromatic heterocycles. The summed E-state index contributed by atoms with van der Waals surface area (Å²) in [5, 5.41) is 3.54. The van der Waals surface area contributed by atoms with E-state index in [0.29, 0.717) is 11.6 Å². The lowest BCUT2D eigenvalue weighted by Crippen LogP contribution is -2.25. The van der Waals surface area contributed by atoms with Gasteiger partial charge < -0.3 is 10.1 Å². The van der Waals surface area contributed by atoms with Crippen molar-refractivity contribution in [3.05, 3.63) is 76.6 Å². The fourth-order valence-corrected chi connectivity index (χ4v) is 2.59. The van der Waals surface area contributed by atoms with Crippen LogP contribution in [0.25, 0.3) is 6.08 Å². The van der Waals surface area contributed by atoms with E-state index in [1.54, 1.807) is 18.3 Å². The van der Waals surface area contributed by atoms with Crippen LogP contribution in [-0.2, 0) is 4.79 Å². The Morgan fingerprint density at radius 1 is 1.38 bits per heavy atom. The molecule has 1 N–H and O–H groups in total. The van der Waals surface area contributed by atoms with Gasteiger partial charge in [0.1, 0.15) is 12.4 Å². The molecule has 0 radical (unpaired) electrons. The van der Waals surface area contributed by atoms with Gasteiger partial charge >= 0.3 is 0 Å². The Labute approximate surface area is 145 Å². The molecule has 0 bridgehead atoms. The van der Waals surface area contributed by atoms with Crippen molar-refractivity contribution in [3.8, 4) is 5.75 Å². The molecule has 0 fully saturated rings. The van der Waals surface area contributed by atoms with E-state index in [0.717, 1.165) is 22.6 Å². The molecule has 0 spiro atoms. The van der Waals surface area contributed by atoms with E-state index in [2.05, 4.69) is 10.3 Å². The molecule has 0 saturated heterocycles. The van der Waals surface area contributed by atoms with Gasteiger partial charge in [-0.25, -0.2) is 0 Å². The molecule has 2 heterocycles. The molecule has 0 aliphatic carbocycles. The first-order valence-corrected chi connectivity index (χ1v) is 8.02. The number of carbonyl (C=O) groups is 1. The molecule has 24 heavy (non-hydrogen) atoms. The van der Waals surface area contributed by atoms with Crippen molar-refractivity contribution < 1.29 is 9.53 Å². The Morgan fingerprint density at radius 3 is 3.04 bits per heavy atom. The number of rotatable bonds is 4. The van der Waals surface area contributed by atoms with Gasteiger partial charge in [-0.1, -0.05) is 23.7 Å². The number of amides is 1. The normalized spacial score (nSPS) is 14.5. The molecular formula is C19H17ClN2O2. The van der Waals surface area contributed by atoms with Gasteiger partial charge in [0.05, 0.1) is 11.7 Å².